The van der Waals surface area contributed by atoms with E-state index in [4.69, 9.17) is 10.1 Å². The van der Waals surface area contributed by atoms with Crippen LogP contribution in [0.4, 0.5) is 21.5 Å². The summed E-state index contributed by atoms with van der Waals surface area (Å²) < 4.78 is 19.7. The van der Waals surface area contributed by atoms with Crippen molar-refractivity contribution in [3.05, 3.63) is 83.2 Å². The predicted octanol–water partition coefficient (Wildman–Crippen LogP) is 6.78. The van der Waals surface area contributed by atoms with Gasteiger partial charge < -0.3 is 20.4 Å². The van der Waals surface area contributed by atoms with Gasteiger partial charge in [-0.15, -0.1) is 0 Å². The van der Waals surface area contributed by atoms with Gasteiger partial charge >= 0.3 is 0 Å². The monoisotopic (exact) mass is 459 g/mol. The van der Waals surface area contributed by atoms with Crippen LogP contribution in [0.1, 0.15) is 50.5 Å². The zero-order chi connectivity index (χ0) is 24.6. The Morgan fingerprint density at radius 1 is 1.09 bits per heavy atom. The minimum absolute atomic E-state index is 0.0511. The van der Waals surface area contributed by atoms with Crippen molar-refractivity contribution in [3.63, 3.8) is 0 Å². The molecule has 0 saturated carbocycles. The lowest BCUT2D eigenvalue weighted by Gasteiger charge is -2.31. The largest absolute Gasteiger partial charge is 0.483 e. The van der Waals surface area contributed by atoms with Gasteiger partial charge in [0.2, 0.25) is 5.91 Å². The van der Waals surface area contributed by atoms with Gasteiger partial charge in [-0.05, 0) is 62.4 Å². The van der Waals surface area contributed by atoms with Gasteiger partial charge in [-0.2, -0.15) is 0 Å². The molecule has 176 valence electrons. The average Bonchev–Trinajstić information content (AvgIpc) is 3.05. The number of carbonyl (C=O) groups excluding carboxylic acids is 1. The number of ether oxygens (including phenoxy) is 1. The Bertz CT molecular complexity index is 1230. The van der Waals surface area contributed by atoms with Crippen molar-refractivity contribution in [1.82, 2.24) is 0 Å². The van der Waals surface area contributed by atoms with Crippen molar-refractivity contribution in [2.75, 3.05) is 10.2 Å². The first kappa shape index (κ1) is 23.5. The van der Waals surface area contributed by atoms with E-state index in [2.05, 4.69) is 11.4 Å². The van der Waals surface area contributed by atoms with Gasteiger partial charge in [0, 0.05) is 34.1 Å². The summed E-state index contributed by atoms with van der Waals surface area (Å²) in [6.07, 6.45) is 0.917. The van der Waals surface area contributed by atoms with E-state index in [-0.39, 0.29) is 23.9 Å². The van der Waals surface area contributed by atoms with Gasteiger partial charge in [-0.25, -0.2) is 4.39 Å². The number of hydrogen-bond acceptors (Lipinski definition) is 4. The zero-order valence-electron chi connectivity index (χ0n) is 20.1. The number of amides is 1. The third-order valence-electron chi connectivity index (χ3n) is 6.02. The van der Waals surface area contributed by atoms with Gasteiger partial charge in [0.25, 0.3) is 0 Å². The van der Waals surface area contributed by atoms with E-state index in [9.17, 15) is 9.18 Å². The number of aryl methyl sites for hydroxylation is 1. The zero-order valence-corrected chi connectivity index (χ0v) is 20.1. The fraction of sp³-hybridized carbons (Fsp3) is 0.286. The highest BCUT2D eigenvalue weighted by atomic mass is 19.1. The first-order chi connectivity index (χ1) is 16.1. The second-order valence-corrected chi connectivity index (χ2v) is 9.79. The second kappa shape index (κ2) is 8.93. The Kier molecular flexibility index (Phi) is 6.17. The van der Waals surface area contributed by atoms with Crippen LogP contribution < -0.4 is 15.0 Å². The number of nitrogens with zero attached hydrogens (tertiary/aromatic N) is 1. The van der Waals surface area contributed by atoms with Crippen molar-refractivity contribution < 1.29 is 13.9 Å². The maximum Gasteiger partial charge on any atom is 0.232 e. The molecule has 0 aromatic heterocycles. The first-order valence-corrected chi connectivity index (χ1v) is 11.4. The Hall–Kier alpha value is -3.67. The molecule has 0 aliphatic carbocycles. The van der Waals surface area contributed by atoms with E-state index in [0.717, 1.165) is 22.5 Å². The smallest absolute Gasteiger partial charge is 0.232 e. The van der Waals surface area contributed by atoms with E-state index in [0.29, 0.717) is 17.0 Å². The normalized spacial score (nSPS) is 17.3. The summed E-state index contributed by atoms with van der Waals surface area (Å²) in [7, 11) is 0. The van der Waals surface area contributed by atoms with Crippen LogP contribution in [0.5, 0.6) is 5.75 Å². The molecule has 1 unspecified atom stereocenters. The summed E-state index contributed by atoms with van der Waals surface area (Å²) in [6.45, 7) is 9.80. The molecule has 0 bridgehead atoms. The number of anilines is 3. The lowest BCUT2D eigenvalue weighted by molar-refractivity contribution is -0.126. The molecule has 3 aromatic rings. The highest BCUT2D eigenvalue weighted by molar-refractivity contribution is 5.99. The lowest BCUT2D eigenvalue weighted by atomic mass is 9.94. The minimum atomic E-state index is -0.522. The number of nitrogens with one attached hydrogen (secondary N) is 2. The molecule has 0 radical (unpaired) electrons. The molecule has 2 N–H and O–H groups in total. The van der Waals surface area contributed by atoms with Crippen molar-refractivity contribution in [2.24, 2.45) is 5.41 Å². The van der Waals surface area contributed by atoms with Gasteiger partial charge in [-0.3, -0.25) is 4.79 Å². The Morgan fingerprint density at radius 3 is 2.44 bits per heavy atom. The second-order valence-electron chi connectivity index (χ2n) is 9.79. The van der Waals surface area contributed by atoms with E-state index in [1.165, 1.54) is 18.3 Å². The lowest BCUT2D eigenvalue weighted by Crippen LogP contribution is -2.44. The molecule has 1 aliphatic rings. The Balaban J connectivity index is 1.64. The molecule has 0 fully saturated rings. The van der Waals surface area contributed by atoms with Crippen LogP contribution >= 0.6 is 0 Å². The number of benzene rings is 3. The van der Waals surface area contributed by atoms with E-state index in [1.54, 1.807) is 18.2 Å². The number of fused-ring (bicyclic) bond motifs is 1. The quantitative estimate of drug-likeness (QED) is 0.414. The topological polar surface area (TPSA) is 65.4 Å². The fourth-order valence-electron chi connectivity index (χ4n) is 4.24. The Labute approximate surface area is 200 Å². The fourth-order valence-corrected chi connectivity index (χ4v) is 4.24. The molecule has 34 heavy (non-hydrogen) atoms. The molecule has 6 heteroatoms. The molecule has 1 aliphatic heterocycles. The standard InChI is InChI=1S/C28H30FN3O2/c1-17-6-13-25-23(14-17)26(18(2)32(25)27(33)28(3,4)5)34-22-11-12-24(19(15-22)16-30)31-21-9-7-20(29)8-10-21/h6-16,18,26,30-31H,1-5H3/t18?,26-/m0/s1. The third-order valence-corrected chi connectivity index (χ3v) is 6.02. The maximum absolute atomic E-state index is 13.3. The summed E-state index contributed by atoms with van der Waals surface area (Å²) in [6, 6.07) is 17.4. The van der Waals surface area contributed by atoms with Crippen LogP contribution in [0, 0.1) is 23.6 Å². The SMILES string of the molecule is Cc1ccc2c(c1)[C@@H](Oc1ccc(Nc3ccc(F)cc3)c(C=N)c1)C(C)N2C(=O)C(C)(C)C. The van der Waals surface area contributed by atoms with Gasteiger partial charge in [-0.1, -0.05) is 38.5 Å². The van der Waals surface area contributed by atoms with Crippen LogP contribution in [0.15, 0.2) is 60.7 Å². The van der Waals surface area contributed by atoms with E-state index >= 15 is 0 Å². The molecular weight excluding hydrogens is 429 g/mol. The van der Waals surface area contributed by atoms with E-state index in [1.807, 2.05) is 63.8 Å². The molecule has 5 nitrogen and oxygen atoms in total. The molecular formula is C28H30FN3O2. The van der Waals surface area contributed by atoms with Crippen LogP contribution in [0.3, 0.4) is 0 Å². The highest BCUT2D eigenvalue weighted by Gasteiger charge is 2.43. The molecule has 3 aromatic carbocycles. The van der Waals surface area contributed by atoms with Gasteiger partial charge in [0.15, 0.2) is 0 Å². The average molecular weight is 460 g/mol. The summed E-state index contributed by atoms with van der Waals surface area (Å²) in [5.74, 6) is 0.356. The van der Waals surface area contributed by atoms with Crippen molar-refractivity contribution in [2.45, 2.75) is 46.8 Å². The Morgan fingerprint density at radius 2 is 1.79 bits per heavy atom. The van der Waals surface area contributed by atoms with Gasteiger partial charge in [0.05, 0.1) is 11.7 Å². The number of hydrogen-bond donors (Lipinski definition) is 2. The minimum Gasteiger partial charge on any atom is -0.483 e. The summed E-state index contributed by atoms with van der Waals surface area (Å²) >= 11 is 0. The molecule has 4 rings (SSSR count). The van der Waals surface area contributed by atoms with Gasteiger partial charge in [0.1, 0.15) is 17.7 Å². The van der Waals surface area contributed by atoms with Crippen LogP contribution in [-0.4, -0.2) is 18.2 Å². The molecule has 1 heterocycles. The molecule has 0 spiro atoms. The third kappa shape index (κ3) is 4.53. The predicted molar refractivity (Wildman–Crippen MR) is 135 cm³/mol. The maximum atomic E-state index is 13.3. The van der Waals surface area contributed by atoms with Crippen molar-refractivity contribution in [1.29, 1.82) is 5.41 Å². The van der Waals surface area contributed by atoms with Crippen LogP contribution in [0.2, 0.25) is 0 Å². The molecule has 1 amide bonds. The summed E-state index contributed by atoms with van der Waals surface area (Å²) in [4.78, 5) is 15.1. The number of halogens is 1. The van der Waals surface area contributed by atoms with E-state index < -0.39 is 5.41 Å². The van der Waals surface area contributed by atoms with Crippen LogP contribution in [-0.2, 0) is 4.79 Å². The number of carbonyl (C=O) groups is 1. The summed E-state index contributed by atoms with van der Waals surface area (Å²) in [5.41, 5.74) is 4.52. The van der Waals surface area contributed by atoms with Crippen molar-refractivity contribution in [3.8, 4) is 5.75 Å². The number of rotatable bonds is 5. The molecule has 0 saturated heterocycles. The molecule has 2 atom stereocenters. The highest BCUT2D eigenvalue weighted by Crippen LogP contribution is 2.44. The van der Waals surface area contributed by atoms with Crippen molar-refractivity contribution >= 4 is 29.2 Å². The van der Waals surface area contributed by atoms with Crippen LogP contribution in [0.25, 0.3) is 0 Å². The summed E-state index contributed by atoms with van der Waals surface area (Å²) in [5, 5.41) is 11.1. The first-order valence-electron chi connectivity index (χ1n) is 11.4.